The van der Waals surface area contributed by atoms with Gasteiger partial charge in [0.25, 0.3) is 5.78 Å². The molecule has 0 bridgehead atoms. The number of ether oxygens (including phenoxy) is 1. The van der Waals surface area contributed by atoms with Crippen LogP contribution < -0.4 is 9.64 Å². The van der Waals surface area contributed by atoms with Gasteiger partial charge in [-0.15, -0.1) is 10.2 Å². The highest BCUT2D eigenvalue weighted by Gasteiger charge is 2.48. The molecule has 152 valence electrons. The maximum atomic E-state index is 13.5. The number of carbonyl (C=O) groups excluding carboxylic acids is 2. The molecule has 1 saturated heterocycles. The lowest BCUT2D eigenvalue weighted by atomic mass is 9.95. The Hall–Kier alpha value is -3.59. The Morgan fingerprint density at radius 1 is 1.10 bits per heavy atom. The lowest BCUT2D eigenvalue weighted by molar-refractivity contribution is -0.132. The molecule has 0 radical (unpaired) electrons. The first-order chi connectivity index (χ1) is 14.4. The number of hydrogen-bond acceptors (Lipinski definition) is 7. The van der Waals surface area contributed by atoms with Gasteiger partial charge < -0.3 is 9.84 Å². The maximum absolute atomic E-state index is 13.5. The van der Waals surface area contributed by atoms with Crippen LogP contribution in [-0.2, 0) is 9.59 Å². The molecule has 30 heavy (non-hydrogen) atoms. The molecule has 7 nitrogen and oxygen atoms in total. The number of aromatic nitrogens is 2. The normalized spacial score (nSPS) is 18.1. The van der Waals surface area contributed by atoms with Gasteiger partial charge in [-0.2, -0.15) is 0 Å². The number of hydrogen-bond donors (Lipinski definition) is 1. The number of benzene rings is 2. The van der Waals surface area contributed by atoms with Crippen molar-refractivity contribution in [3.63, 3.8) is 0 Å². The molecule has 0 saturated carbocycles. The summed E-state index contributed by atoms with van der Waals surface area (Å²) < 4.78 is 18.6. The summed E-state index contributed by atoms with van der Waals surface area (Å²) in [5, 5.41) is 19.7. The molecule has 1 aromatic heterocycles. The molecule has 0 spiro atoms. The van der Waals surface area contributed by atoms with Crippen LogP contribution in [0.3, 0.4) is 0 Å². The van der Waals surface area contributed by atoms with Crippen molar-refractivity contribution in [2.75, 3.05) is 12.0 Å². The predicted octanol–water partition coefficient (Wildman–Crippen LogP) is 3.62. The first-order valence-electron chi connectivity index (χ1n) is 8.91. The topological polar surface area (TPSA) is 92.6 Å². The van der Waals surface area contributed by atoms with Crippen molar-refractivity contribution < 1.29 is 23.8 Å². The van der Waals surface area contributed by atoms with Crippen LogP contribution in [0.1, 0.15) is 22.2 Å². The Kier molecular flexibility index (Phi) is 5.04. The molecule has 1 fully saturated rings. The summed E-state index contributed by atoms with van der Waals surface area (Å²) in [5.74, 6) is -1.92. The maximum Gasteiger partial charge on any atom is 0.301 e. The monoisotopic (exact) mass is 425 g/mol. The van der Waals surface area contributed by atoms with Crippen molar-refractivity contribution in [1.29, 1.82) is 0 Å². The zero-order valence-corrected chi connectivity index (χ0v) is 16.8. The SMILES string of the molecule is COc1ccc(C(O)=C2C(=O)C(=O)N(c3nnc(C)s3)[C@@H]2c2ccc(F)cc2)cc1. The fraction of sp³-hybridized carbons (Fsp3) is 0.143. The molecule has 1 N–H and O–H groups in total. The van der Waals surface area contributed by atoms with E-state index < -0.39 is 23.5 Å². The van der Waals surface area contributed by atoms with Crippen LogP contribution in [0.2, 0.25) is 0 Å². The van der Waals surface area contributed by atoms with E-state index in [1.54, 1.807) is 31.2 Å². The molecular formula is C21H16FN3O4S. The smallest absolute Gasteiger partial charge is 0.301 e. The molecule has 1 aliphatic heterocycles. The van der Waals surface area contributed by atoms with Crippen LogP contribution >= 0.6 is 11.3 Å². The van der Waals surface area contributed by atoms with Gasteiger partial charge in [-0.25, -0.2) is 4.39 Å². The number of methoxy groups -OCH3 is 1. The number of anilines is 1. The fourth-order valence-electron chi connectivity index (χ4n) is 3.28. The van der Waals surface area contributed by atoms with Crippen LogP contribution in [0.4, 0.5) is 9.52 Å². The first-order valence-corrected chi connectivity index (χ1v) is 9.73. The Morgan fingerprint density at radius 2 is 1.77 bits per heavy atom. The van der Waals surface area contributed by atoms with Gasteiger partial charge in [0.05, 0.1) is 18.7 Å². The van der Waals surface area contributed by atoms with Gasteiger partial charge in [-0.05, 0) is 48.9 Å². The quantitative estimate of drug-likeness (QED) is 0.390. The second-order valence-corrected chi connectivity index (χ2v) is 7.71. The zero-order valence-electron chi connectivity index (χ0n) is 16.0. The van der Waals surface area contributed by atoms with Gasteiger partial charge in [-0.3, -0.25) is 14.5 Å². The highest BCUT2D eigenvalue weighted by molar-refractivity contribution is 7.15. The molecule has 1 aliphatic rings. The molecular weight excluding hydrogens is 409 g/mol. The molecule has 9 heteroatoms. The Labute approximate surface area is 175 Å². The third kappa shape index (κ3) is 3.33. The van der Waals surface area contributed by atoms with E-state index in [1.807, 2.05) is 0 Å². The molecule has 0 unspecified atom stereocenters. The van der Waals surface area contributed by atoms with E-state index >= 15 is 0 Å². The lowest BCUT2D eigenvalue weighted by Crippen LogP contribution is -2.29. The second kappa shape index (κ2) is 7.68. The average molecular weight is 425 g/mol. The summed E-state index contributed by atoms with van der Waals surface area (Å²) in [5.41, 5.74) is 0.692. The molecule has 2 aromatic carbocycles. The summed E-state index contributed by atoms with van der Waals surface area (Å²) >= 11 is 1.14. The number of nitrogens with zero attached hydrogens (tertiary/aromatic N) is 3. The standard InChI is InChI=1S/C21H16FN3O4S/c1-11-23-24-21(30-11)25-17(12-3-7-14(22)8-4-12)16(19(27)20(25)28)18(26)13-5-9-15(29-2)10-6-13/h3-10,17,26H,1-2H3/t17-/m1/s1. The van der Waals surface area contributed by atoms with Crippen molar-refractivity contribution >= 4 is 33.9 Å². The number of amides is 1. The highest BCUT2D eigenvalue weighted by Crippen LogP contribution is 2.42. The largest absolute Gasteiger partial charge is 0.507 e. The fourth-order valence-corrected chi connectivity index (χ4v) is 3.99. The van der Waals surface area contributed by atoms with Crippen LogP contribution in [0.25, 0.3) is 5.76 Å². The van der Waals surface area contributed by atoms with E-state index in [4.69, 9.17) is 4.74 Å². The number of Topliss-reactive ketones (excluding diaryl/α,β-unsaturated/α-hetero) is 1. The minimum Gasteiger partial charge on any atom is -0.507 e. The number of carbonyl (C=O) groups is 2. The van der Waals surface area contributed by atoms with E-state index in [-0.39, 0.29) is 16.5 Å². The lowest BCUT2D eigenvalue weighted by Gasteiger charge is -2.22. The van der Waals surface area contributed by atoms with Crippen molar-refractivity contribution in [2.24, 2.45) is 0 Å². The van der Waals surface area contributed by atoms with Gasteiger partial charge in [0, 0.05) is 5.56 Å². The van der Waals surface area contributed by atoms with Crippen LogP contribution in [0.15, 0.2) is 54.1 Å². The predicted molar refractivity (Wildman–Crippen MR) is 109 cm³/mol. The van der Waals surface area contributed by atoms with Crippen LogP contribution in [0.5, 0.6) is 5.75 Å². The van der Waals surface area contributed by atoms with Gasteiger partial charge in [0.2, 0.25) is 5.13 Å². The minimum atomic E-state index is -0.972. The first kappa shape index (κ1) is 19.7. The third-order valence-corrected chi connectivity index (χ3v) is 5.55. The van der Waals surface area contributed by atoms with Crippen molar-refractivity contribution in [1.82, 2.24) is 10.2 Å². The van der Waals surface area contributed by atoms with E-state index in [2.05, 4.69) is 10.2 Å². The van der Waals surface area contributed by atoms with Gasteiger partial charge in [0.1, 0.15) is 22.3 Å². The summed E-state index contributed by atoms with van der Waals surface area (Å²) in [6.07, 6.45) is 0. The average Bonchev–Trinajstić information content (AvgIpc) is 3.29. The Bertz CT molecular complexity index is 1160. The number of ketones is 1. The Morgan fingerprint density at radius 3 is 2.33 bits per heavy atom. The van der Waals surface area contributed by atoms with E-state index in [0.29, 0.717) is 21.9 Å². The number of halogens is 1. The molecule has 4 rings (SSSR count). The highest BCUT2D eigenvalue weighted by atomic mass is 32.1. The van der Waals surface area contributed by atoms with E-state index in [9.17, 15) is 19.1 Å². The van der Waals surface area contributed by atoms with Crippen molar-refractivity contribution in [2.45, 2.75) is 13.0 Å². The number of aryl methyl sites for hydroxylation is 1. The second-order valence-electron chi connectivity index (χ2n) is 6.55. The summed E-state index contributed by atoms with van der Waals surface area (Å²) in [6.45, 7) is 1.72. The Balaban J connectivity index is 1.91. The summed E-state index contributed by atoms with van der Waals surface area (Å²) in [7, 11) is 1.51. The molecule has 3 aromatic rings. The van der Waals surface area contributed by atoms with Gasteiger partial charge in [-0.1, -0.05) is 23.5 Å². The zero-order chi connectivity index (χ0) is 21.4. The third-order valence-electron chi connectivity index (χ3n) is 4.72. The number of aliphatic hydroxyl groups excluding tert-OH is 1. The molecule has 1 amide bonds. The summed E-state index contributed by atoms with van der Waals surface area (Å²) in [6, 6.07) is 10.8. The molecule has 2 heterocycles. The number of rotatable bonds is 4. The van der Waals surface area contributed by atoms with Gasteiger partial charge >= 0.3 is 5.91 Å². The van der Waals surface area contributed by atoms with Crippen LogP contribution in [-0.4, -0.2) is 34.1 Å². The summed E-state index contributed by atoms with van der Waals surface area (Å²) in [4.78, 5) is 27.0. The van der Waals surface area contributed by atoms with Crippen LogP contribution in [0, 0.1) is 12.7 Å². The molecule has 1 atom stereocenters. The molecule has 0 aliphatic carbocycles. The van der Waals surface area contributed by atoms with E-state index in [1.165, 1.54) is 36.3 Å². The van der Waals surface area contributed by atoms with Crippen molar-refractivity contribution in [3.05, 3.63) is 76.1 Å². The van der Waals surface area contributed by atoms with E-state index in [0.717, 1.165) is 11.3 Å². The number of aliphatic hydroxyl groups is 1. The van der Waals surface area contributed by atoms with Gasteiger partial charge in [0.15, 0.2) is 0 Å². The van der Waals surface area contributed by atoms with Crippen molar-refractivity contribution in [3.8, 4) is 5.75 Å². The minimum absolute atomic E-state index is 0.107.